The molecule has 0 aromatic carbocycles. The minimum absolute atomic E-state index is 0.704. The first kappa shape index (κ1) is 5.94. The fraction of sp³-hybridized carbons (Fsp3) is 0. The van der Waals surface area contributed by atoms with E-state index in [2.05, 4.69) is 0 Å². The van der Waals surface area contributed by atoms with E-state index in [1.165, 1.54) is 11.3 Å². The Labute approximate surface area is 53.9 Å². The summed E-state index contributed by atoms with van der Waals surface area (Å²) in [5.41, 5.74) is 0. The topological polar surface area (TPSA) is 43.1 Å². The van der Waals surface area contributed by atoms with Gasteiger partial charge in [0.25, 0.3) is 0 Å². The first-order chi connectivity index (χ1) is 3.80. The Balaban J connectivity index is 2.93. The molecule has 1 unspecified atom stereocenters. The van der Waals surface area contributed by atoms with Gasteiger partial charge in [0.05, 0.1) is 4.90 Å². The van der Waals surface area contributed by atoms with Crippen molar-refractivity contribution in [3.8, 4) is 0 Å². The van der Waals surface area contributed by atoms with Gasteiger partial charge >= 0.3 is 0 Å². The Morgan fingerprint density at radius 3 is 2.75 bits per heavy atom. The van der Waals surface area contributed by atoms with Gasteiger partial charge in [-0.05, 0) is 11.4 Å². The van der Waals surface area contributed by atoms with Crippen molar-refractivity contribution in [2.75, 3.05) is 0 Å². The van der Waals surface area contributed by atoms with Crippen LogP contribution in [0.4, 0.5) is 0 Å². The summed E-state index contributed by atoms with van der Waals surface area (Å²) in [5, 5.41) is 8.66. The van der Waals surface area contributed by atoms with Gasteiger partial charge in [-0.15, -0.1) is 0 Å². The third-order valence-electron chi connectivity index (χ3n) is 0.727. The predicted molar refractivity (Wildman–Crippen MR) is 34.9 cm³/mol. The molecule has 0 radical (unpaired) electrons. The van der Waals surface area contributed by atoms with Crippen molar-refractivity contribution in [3.05, 3.63) is 16.8 Å². The van der Waals surface area contributed by atoms with Crippen LogP contribution in [0.2, 0.25) is 0 Å². The maximum absolute atomic E-state index is 10.4. The van der Waals surface area contributed by atoms with Crippen LogP contribution < -0.4 is 5.14 Å². The van der Waals surface area contributed by atoms with E-state index in [1.807, 2.05) is 5.38 Å². The van der Waals surface area contributed by atoms with Crippen LogP contribution in [0.15, 0.2) is 21.7 Å². The van der Waals surface area contributed by atoms with Crippen LogP contribution in [-0.4, -0.2) is 4.21 Å². The van der Waals surface area contributed by atoms with Gasteiger partial charge in [0.2, 0.25) is 0 Å². The second kappa shape index (κ2) is 2.39. The maximum atomic E-state index is 10.4. The summed E-state index contributed by atoms with van der Waals surface area (Å²) in [4.78, 5) is 0.704. The lowest BCUT2D eigenvalue weighted by Gasteiger charge is -1.82. The summed E-state index contributed by atoms with van der Waals surface area (Å²) in [7, 11) is -1.29. The molecule has 0 spiro atoms. The lowest BCUT2D eigenvalue weighted by atomic mass is 10.7. The van der Waals surface area contributed by atoms with E-state index < -0.39 is 11.0 Å². The summed E-state index contributed by atoms with van der Waals surface area (Å²) in [6.45, 7) is 0. The number of hydrogen-bond acceptors (Lipinski definition) is 2. The molecule has 0 bridgehead atoms. The van der Waals surface area contributed by atoms with Crippen LogP contribution in [-0.2, 0) is 11.0 Å². The monoisotopic (exact) mass is 147 g/mol. The number of hydrogen-bond donors (Lipinski definition) is 1. The summed E-state index contributed by atoms with van der Waals surface area (Å²) >= 11 is 1.49. The molecule has 0 saturated carbocycles. The maximum Gasteiger partial charge on any atom is 0.122 e. The number of thiophene rings is 1. The van der Waals surface area contributed by atoms with Crippen LogP contribution in [0.5, 0.6) is 0 Å². The average Bonchev–Trinajstić information content (AvgIpc) is 2.12. The quantitative estimate of drug-likeness (QED) is 0.625. The summed E-state index contributed by atoms with van der Waals surface area (Å²) in [6.07, 6.45) is 0. The molecule has 1 aromatic heterocycles. The van der Waals surface area contributed by atoms with E-state index in [0.29, 0.717) is 4.90 Å². The van der Waals surface area contributed by atoms with Crippen LogP contribution in [0.1, 0.15) is 0 Å². The molecular weight excluding hydrogens is 142 g/mol. The van der Waals surface area contributed by atoms with Crippen LogP contribution in [0, 0.1) is 0 Å². The van der Waals surface area contributed by atoms with Crippen molar-refractivity contribution in [3.63, 3.8) is 0 Å². The van der Waals surface area contributed by atoms with Crippen molar-refractivity contribution < 1.29 is 4.21 Å². The lowest BCUT2D eigenvalue weighted by Crippen LogP contribution is -1.99. The molecule has 1 atom stereocenters. The molecule has 44 valence electrons. The van der Waals surface area contributed by atoms with Gasteiger partial charge in [0.15, 0.2) is 0 Å². The van der Waals surface area contributed by atoms with Crippen molar-refractivity contribution in [1.82, 2.24) is 0 Å². The van der Waals surface area contributed by atoms with E-state index in [9.17, 15) is 4.21 Å². The number of rotatable bonds is 1. The normalized spacial score (nSPS) is 13.6. The molecule has 0 aliphatic carbocycles. The Bertz CT molecular complexity index is 182. The molecule has 1 heterocycles. The van der Waals surface area contributed by atoms with Gasteiger partial charge in [0.1, 0.15) is 11.0 Å². The zero-order chi connectivity index (χ0) is 5.98. The standard InChI is InChI=1S/C4H5NOS2/c5-8(6)4-1-2-7-3-4/h1-3H,5H2. The minimum atomic E-state index is -1.29. The van der Waals surface area contributed by atoms with E-state index >= 15 is 0 Å². The molecule has 2 nitrogen and oxygen atoms in total. The SMILES string of the molecule is NS(=O)c1ccsc1. The molecule has 1 aromatic rings. The van der Waals surface area contributed by atoms with Crippen LogP contribution in [0.3, 0.4) is 0 Å². The van der Waals surface area contributed by atoms with E-state index in [-0.39, 0.29) is 0 Å². The van der Waals surface area contributed by atoms with Crippen molar-refractivity contribution in [2.45, 2.75) is 4.90 Å². The molecule has 0 saturated heterocycles. The fourth-order valence-corrected chi connectivity index (χ4v) is 1.72. The number of nitrogens with two attached hydrogens (primary N) is 1. The minimum Gasteiger partial charge on any atom is -0.248 e. The first-order valence-electron chi connectivity index (χ1n) is 1.99. The highest BCUT2D eigenvalue weighted by molar-refractivity contribution is 7.82. The smallest absolute Gasteiger partial charge is 0.122 e. The van der Waals surface area contributed by atoms with Crippen molar-refractivity contribution >= 4 is 22.3 Å². The zero-order valence-corrected chi connectivity index (χ0v) is 5.67. The van der Waals surface area contributed by atoms with E-state index in [0.717, 1.165) is 0 Å². The second-order valence-electron chi connectivity index (χ2n) is 1.26. The van der Waals surface area contributed by atoms with Gasteiger partial charge in [-0.2, -0.15) is 11.3 Å². The van der Waals surface area contributed by atoms with Gasteiger partial charge in [-0.25, -0.2) is 9.35 Å². The third-order valence-corrected chi connectivity index (χ3v) is 2.28. The van der Waals surface area contributed by atoms with Crippen molar-refractivity contribution in [2.24, 2.45) is 5.14 Å². The Kier molecular flexibility index (Phi) is 1.77. The van der Waals surface area contributed by atoms with Crippen LogP contribution in [0.25, 0.3) is 0 Å². The van der Waals surface area contributed by atoms with Gasteiger partial charge in [0, 0.05) is 5.38 Å². The molecule has 8 heavy (non-hydrogen) atoms. The first-order valence-corrected chi connectivity index (χ1v) is 4.14. The molecule has 0 fully saturated rings. The Morgan fingerprint density at radius 1 is 1.75 bits per heavy atom. The molecular formula is C4H5NOS2. The molecule has 0 aliphatic heterocycles. The average molecular weight is 147 g/mol. The molecule has 2 N–H and O–H groups in total. The zero-order valence-electron chi connectivity index (χ0n) is 4.03. The summed E-state index contributed by atoms with van der Waals surface area (Å²) in [6, 6.07) is 1.75. The summed E-state index contributed by atoms with van der Waals surface area (Å²) < 4.78 is 10.4. The van der Waals surface area contributed by atoms with E-state index in [4.69, 9.17) is 5.14 Å². The van der Waals surface area contributed by atoms with E-state index in [1.54, 1.807) is 11.4 Å². The fourth-order valence-electron chi connectivity index (χ4n) is 0.366. The molecule has 0 amide bonds. The Morgan fingerprint density at radius 2 is 2.50 bits per heavy atom. The van der Waals surface area contributed by atoms with Gasteiger partial charge in [-0.3, -0.25) is 0 Å². The lowest BCUT2D eigenvalue weighted by molar-refractivity contribution is 0.684. The highest BCUT2D eigenvalue weighted by atomic mass is 32.2. The predicted octanol–water partition coefficient (Wildman–Crippen LogP) is 0.729. The van der Waals surface area contributed by atoms with Gasteiger partial charge < -0.3 is 0 Å². The Hall–Kier alpha value is -0.190. The summed E-state index contributed by atoms with van der Waals surface area (Å²) in [5.74, 6) is 0. The third kappa shape index (κ3) is 1.15. The largest absolute Gasteiger partial charge is 0.248 e. The molecule has 4 heteroatoms. The second-order valence-corrected chi connectivity index (χ2v) is 3.10. The highest BCUT2D eigenvalue weighted by Crippen LogP contribution is 2.06. The van der Waals surface area contributed by atoms with Crippen LogP contribution >= 0.6 is 11.3 Å². The molecule has 0 aliphatic rings. The molecule has 1 rings (SSSR count). The van der Waals surface area contributed by atoms with Gasteiger partial charge in [-0.1, -0.05) is 0 Å². The highest BCUT2D eigenvalue weighted by Gasteiger charge is 1.93. The van der Waals surface area contributed by atoms with Crippen molar-refractivity contribution in [1.29, 1.82) is 0 Å².